The van der Waals surface area contributed by atoms with Crippen LogP contribution in [0, 0.1) is 0 Å². The molecular weight excluding hydrogens is 248 g/mol. The van der Waals surface area contributed by atoms with Crippen LogP contribution in [0.4, 0.5) is 0 Å². The van der Waals surface area contributed by atoms with Crippen LogP contribution in [0.5, 0.6) is 0 Å². The summed E-state index contributed by atoms with van der Waals surface area (Å²) in [6.45, 7) is 4.82. The van der Waals surface area contributed by atoms with Gasteiger partial charge in [0.05, 0.1) is 6.61 Å². The van der Waals surface area contributed by atoms with Gasteiger partial charge in [0.15, 0.2) is 18.4 Å². The summed E-state index contributed by atoms with van der Waals surface area (Å²) in [5.74, 6) is -0.714. The minimum absolute atomic E-state index is 0.0996. The smallest absolute Gasteiger partial charge is 0.164 e. The molecule has 5 heteroatoms. The van der Waals surface area contributed by atoms with E-state index >= 15 is 0 Å². The van der Waals surface area contributed by atoms with Crippen molar-refractivity contribution in [2.75, 3.05) is 13.2 Å². The molecule has 0 radical (unpaired) electrons. The van der Waals surface area contributed by atoms with Gasteiger partial charge in [-0.15, -0.1) is 0 Å². The van der Waals surface area contributed by atoms with E-state index in [0.717, 1.165) is 32.2 Å². The van der Waals surface area contributed by atoms with Crippen LogP contribution < -0.4 is 0 Å². The summed E-state index contributed by atoms with van der Waals surface area (Å²) in [5.41, 5.74) is 0. The molecule has 0 aromatic carbocycles. The third kappa shape index (κ3) is 4.38. The van der Waals surface area contributed by atoms with E-state index < -0.39 is 11.9 Å². The van der Waals surface area contributed by atoms with Gasteiger partial charge in [-0.2, -0.15) is 0 Å². The number of hydrogen-bond donors (Lipinski definition) is 0. The average molecular weight is 270 g/mol. The molecule has 2 rings (SSSR count). The van der Waals surface area contributed by atoms with Gasteiger partial charge in [0.1, 0.15) is 12.2 Å². The highest BCUT2D eigenvalue weighted by atomic mass is 16.8. The highest BCUT2D eigenvalue weighted by molar-refractivity contribution is 5.58. The summed E-state index contributed by atoms with van der Waals surface area (Å²) in [7, 11) is 0. The second kappa shape index (κ2) is 6.61. The van der Waals surface area contributed by atoms with Crippen molar-refractivity contribution in [1.29, 1.82) is 0 Å². The van der Waals surface area contributed by atoms with Gasteiger partial charge in [0, 0.05) is 6.61 Å². The fourth-order valence-corrected chi connectivity index (χ4v) is 2.27. The molecule has 2 saturated heterocycles. The molecule has 108 valence electrons. The number of carbonyl (C=O) groups excluding carboxylic acids is 1. The van der Waals surface area contributed by atoms with E-state index in [-0.39, 0.29) is 12.4 Å². The van der Waals surface area contributed by atoms with E-state index in [2.05, 4.69) is 0 Å². The first-order chi connectivity index (χ1) is 9.11. The zero-order chi connectivity index (χ0) is 13.7. The van der Waals surface area contributed by atoms with Crippen molar-refractivity contribution in [2.24, 2.45) is 0 Å². The van der Waals surface area contributed by atoms with Crippen LogP contribution in [-0.4, -0.2) is 43.8 Å². The van der Waals surface area contributed by atoms with Gasteiger partial charge in [-0.3, -0.25) is 0 Å². The largest absolute Gasteiger partial charge is 0.353 e. The van der Waals surface area contributed by atoms with Crippen molar-refractivity contribution in [3.8, 4) is 0 Å². The Bertz CT molecular complexity index is 320. The molecule has 2 heterocycles. The first-order valence-electron chi connectivity index (χ1n) is 6.81. The van der Waals surface area contributed by atoms with Crippen LogP contribution in [0.3, 0.4) is 0 Å². The fourth-order valence-electron chi connectivity index (χ4n) is 2.27. The summed E-state index contributed by atoms with van der Waals surface area (Å²) in [6.07, 6.45) is 6.66. The van der Waals surface area contributed by atoms with Gasteiger partial charge in [0.25, 0.3) is 0 Å². The molecule has 3 atom stereocenters. The second-order valence-corrected chi connectivity index (χ2v) is 5.26. The number of aldehydes is 1. The Labute approximate surface area is 113 Å². The summed E-state index contributed by atoms with van der Waals surface area (Å²) < 4.78 is 22.1. The molecule has 0 aliphatic carbocycles. The summed E-state index contributed by atoms with van der Waals surface area (Å²) in [4.78, 5) is 10.9. The summed E-state index contributed by atoms with van der Waals surface area (Å²) in [6, 6.07) is 0. The topological polar surface area (TPSA) is 54.0 Å². The zero-order valence-electron chi connectivity index (χ0n) is 11.5. The second-order valence-electron chi connectivity index (χ2n) is 5.26. The van der Waals surface area contributed by atoms with Crippen LogP contribution in [0.25, 0.3) is 0 Å². The Hall–Kier alpha value is -0.750. The predicted octanol–water partition coefficient (Wildman–Crippen LogP) is 1.80. The Balaban J connectivity index is 1.73. The van der Waals surface area contributed by atoms with Crippen LogP contribution in [0.2, 0.25) is 0 Å². The van der Waals surface area contributed by atoms with Crippen molar-refractivity contribution in [1.82, 2.24) is 0 Å². The van der Waals surface area contributed by atoms with Crippen LogP contribution in [0.1, 0.15) is 33.1 Å². The van der Waals surface area contributed by atoms with Crippen molar-refractivity contribution in [3.05, 3.63) is 12.2 Å². The maximum atomic E-state index is 10.9. The first-order valence-corrected chi connectivity index (χ1v) is 6.81. The molecule has 0 aromatic rings. The molecule has 19 heavy (non-hydrogen) atoms. The van der Waals surface area contributed by atoms with Gasteiger partial charge in [-0.25, -0.2) is 0 Å². The molecule has 0 amide bonds. The minimum atomic E-state index is -0.714. The molecule has 0 bridgehead atoms. The Morgan fingerprint density at radius 3 is 2.74 bits per heavy atom. The molecule has 2 aliphatic rings. The Kier molecular flexibility index (Phi) is 5.10. The molecule has 0 aromatic heterocycles. The van der Waals surface area contributed by atoms with E-state index in [9.17, 15) is 4.79 Å². The standard InChI is InChI=1S/C14H22O5/c1-14(2)18-11(12(10-15)19-14)6-5-9-17-13-7-3-4-8-16-13/h5-6,10-13H,3-4,7-9H2,1-2H3/b6-5+/t11-,12+,13?/m1/s1. The first kappa shape index (κ1) is 14.7. The maximum Gasteiger partial charge on any atom is 0.164 e. The van der Waals surface area contributed by atoms with Gasteiger partial charge >= 0.3 is 0 Å². The maximum absolute atomic E-state index is 10.9. The average Bonchev–Trinajstić information content (AvgIpc) is 2.70. The third-order valence-corrected chi connectivity index (χ3v) is 3.14. The molecule has 5 nitrogen and oxygen atoms in total. The third-order valence-electron chi connectivity index (χ3n) is 3.14. The SMILES string of the molecule is CC1(C)O[C@@H](C=O)[C@@H](/C=C/COC2CCCCO2)O1. The fraction of sp³-hybridized carbons (Fsp3) is 0.786. The van der Waals surface area contributed by atoms with Crippen molar-refractivity contribution >= 4 is 6.29 Å². The van der Waals surface area contributed by atoms with E-state index in [0.29, 0.717) is 6.61 Å². The Morgan fingerprint density at radius 2 is 2.05 bits per heavy atom. The number of rotatable bonds is 5. The molecule has 0 spiro atoms. The normalized spacial score (nSPS) is 34.7. The predicted molar refractivity (Wildman–Crippen MR) is 68.6 cm³/mol. The van der Waals surface area contributed by atoms with Gasteiger partial charge in [0.2, 0.25) is 0 Å². The molecular formula is C14H22O5. The highest BCUT2D eigenvalue weighted by Crippen LogP contribution is 2.27. The lowest BCUT2D eigenvalue weighted by atomic mass is 10.2. The van der Waals surface area contributed by atoms with Gasteiger partial charge < -0.3 is 23.7 Å². The quantitative estimate of drug-likeness (QED) is 0.563. The summed E-state index contributed by atoms with van der Waals surface area (Å²) in [5, 5.41) is 0. The Morgan fingerprint density at radius 1 is 1.26 bits per heavy atom. The zero-order valence-corrected chi connectivity index (χ0v) is 11.5. The highest BCUT2D eigenvalue weighted by Gasteiger charge is 2.39. The van der Waals surface area contributed by atoms with Gasteiger partial charge in [-0.05, 0) is 33.1 Å². The number of hydrogen-bond acceptors (Lipinski definition) is 5. The lowest BCUT2D eigenvalue weighted by molar-refractivity contribution is -0.155. The van der Waals surface area contributed by atoms with E-state index in [4.69, 9.17) is 18.9 Å². The molecule has 0 saturated carbocycles. The van der Waals surface area contributed by atoms with E-state index in [1.54, 1.807) is 13.8 Å². The van der Waals surface area contributed by atoms with Crippen molar-refractivity contribution < 1.29 is 23.7 Å². The van der Waals surface area contributed by atoms with Gasteiger partial charge in [-0.1, -0.05) is 12.2 Å². The van der Waals surface area contributed by atoms with Crippen molar-refractivity contribution in [2.45, 2.75) is 57.4 Å². The van der Waals surface area contributed by atoms with Crippen molar-refractivity contribution in [3.63, 3.8) is 0 Å². The molecule has 2 fully saturated rings. The lowest BCUT2D eigenvalue weighted by Gasteiger charge is -2.22. The number of carbonyl (C=O) groups is 1. The van der Waals surface area contributed by atoms with Crippen LogP contribution >= 0.6 is 0 Å². The molecule has 1 unspecified atom stereocenters. The summed E-state index contributed by atoms with van der Waals surface area (Å²) >= 11 is 0. The van der Waals surface area contributed by atoms with Crippen LogP contribution in [0.15, 0.2) is 12.2 Å². The van der Waals surface area contributed by atoms with Crippen LogP contribution in [-0.2, 0) is 23.7 Å². The lowest BCUT2D eigenvalue weighted by Crippen LogP contribution is -2.23. The molecule has 0 N–H and O–H groups in total. The monoisotopic (exact) mass is 270 g/mol. The number of ether oxygens (including phenoxy) is 4. The van der Waals surface area contributed by atoms with E-state index in [1.165, 1.54) is 0 Å². The van der Waals surface area contributed by atoms with E-state index in [1.807, 2.05) is 12.2 Å². The molecule has 2 aliphatic heterocycles. The minimum Gasteiger partial charge on any atom is -0.353 e.